The van der Waals surface area contributed by atoms with Crippen LogP contribution in [0, 0.1) is 0 Å². The molecule has 0 aliphatic carbocycles. The fraction of sp³-hybridized carbons (Fsp3) is 0.927. The highest BCUT2D eigenvalue weighted by Crippen LogP contribution is 2.43. The molecule has 0 amide bonds. The molecule has 0 radical (unpaired) electrons. The normalized spacial score (nSPS) is 13.7. The lowest BCUT2D eigenvalue weighted by Crippen LogP contribution is -2.34. The van der Waals surface area contributed by atoms with Crippen LogP contribution in [-0.4, -0.2) is 59.9 Å². The first-order valence-electron chi connectivity index (χ1n) is 21.6. The fourth-order valence-electron chi connectivity index (χ4n) is 6.18. The third-order valence-corrected chi connectivity index (χ3v) is 10.6. The second-order valence-electron chi connectivity index (χ2n) is 14.8. The van der Waals surface area contributed by atoms with Crippen molar-refractivity contribution in [2.75, 3.05) is 19.8 Å². The van der Waals surface area contributed by atoms with E-state index in [1.165, 1.54) is 135 Å². The molecule has 3 atom stereocenters. The zero-order chi connectivity index (χ0) is 39.3. The van der Waals surface area contributed by atoms with Crippen molar-refractivity contribution < 1.29 is 47.5 Å². The molecule has 53 heavy (non-hydrogen) atoms. The standard InChI is InChI=1S/C41H80NO10P/c1-3-5-7-9-11-13-15-17-18-19-21-23-25-27-29-31-33-40(44)52-37(35-50-53(47,48)51-36-38(42)41(45)46)34-49-39(43)32-30-28-26-24-22-20-16-14-12-10-8-6-4-2/h37-38H,3-36,42H2,1-2H3,(H,45,46)(H,47,48)/t37-,38+/m1/s1. The summed E-state index contributed by atoms with van der Waals surface area (Å²) in [6, 6.07) is -1.52. The zero-order valence-electron chi connectivity index (χ0n) is 33.9. The topological polar surface area (TPSA) is 172 Å². The number of aliphatic carboxylic acids is 1. The average molecular weight is 778 g/mol. The summed E-state index contributed by atoms with van der Waals surface area (Å²) in [5, 5.41) is 8.88. The molecule has 0 bridgehead atoms. The number of hydrogen-bond acceptors (Lipinski definition) is 9. The molecule has 314 valence electrons. The molecule has 11 nitrogen and oxygen atoms in total. The van der Waals surface area contributed by atoms with Crippen molar-refractivity contribution in [3.8, 4) is 0 Å². The number of carbonyl (C=O) groups is 3. The molecule has 0 heterocycles. The van der Waals surface area contributed by atoms with Crippen molar-refractivity contribution >= 4 is 25.7 Å². The molecule has 1 unspecified atom stereocenters. The van der Waals surface area contributed by atoms with Crippen LogP contribution in [0.15, 0.2) is 0 Å². The largest absolute Gasteiger partial charge is 0.480 e. The summed E-state index contributed by atoms with van der Waals surface area (Å²) in [7, 11) is -4.70. The van der Waals surface area contributed by atoms with Gasteiger partial charge in [-0.05, 0) is 12.8 Å². The van der Waals surface area contributed by atoms with Gasteiger partial charge in [0.05, 0.1) is 13.2 Å². The van der Waals surface area contributed by atoms with Crippen LogP contribution in [0.2, 0.25) is 0 Å². The van der Waals surface area contributed by atoms with Gasteiger partial charge in [-0.1, -0.05) is 187 Å². The molecule has 0 fully saturated rings. The van der Waals surface area contributed by atoms with Crippen molar-refractivity contribution in [2.45, 2.75) is 225 Å². The first-order valence-corrected chi connectivity index (χ1v) is 23.1. The fourth-order valence-corrected chi connectivity index (χ4v) is 6.96. The van der Waals surface area contributed by atoms with Gasteiger partial charge in [0.2, 0.25) is 0 Å². The van der Waals surface area contributed by atoms with E-state index in [1.807, 2.05) is 0 Å². The Hall–Kier alpha value is -1.52. The van der Waals surface area contributed by atoms with E-state index in [4.69, 9.17) is 24.8 Å². The lowest BCUT2D eigenvalue weighted by Gasteiger charge is -2.20. The number of ether oxygens (including phenoxy) is 2. The monoisotopic (exact) mass is 778 g/mol. The van der Waals surface area contributed by atoms with E-state index in [0.29, 0.717) is 12.8 Å². The predicted octanol–water partition coefficient (Wildman–Crippen LogP) is 11.1. The van der Waals surface area contributed by atoms with Crippen LogP contribution < -0.4 is 5.73 Å². The van der Waals surface area contributed by atoms with Gasteiger partial charge in [0.1, 0.15) is 12.6 Å². The number of carboxylic acids is 1. The van der Waals surface area contributed by atoms with E-state index < -0.39 is 51.1 Å². The van der Waals surface area contributed by atoms with E-state index in [0.717, 1.165) is 38.5 Å². The van der Waals surface area contributed by atoms with Gasteiger partial charge in [-0.2, -0.15) is 0 Å². The van der Waals surface area contributed by atoms with Crippen LogP contribution >= 0.6 is 7.82 Å². The second-order valence-corrected chi connectivity index (χ2v) is 16.3. The predicted molar refractivity (Wildman–Crippen MR) is 213 cm³/mol. The van der Waals surface area contributed by atoms with Crippen LogP contribution in [0.4, 0.5) is 0 Å². The SMILES string of the molecule is CCCCCCCCCCCCCCCCCCC(=O)O[C@H](COC(=O)CCCCCCCCCCCCCCC)COP(=O)(O)OC[C@H](N)C(=O)O. The molecule has 0 aliphatic rings. The second kappa shape index (κ2) is 37.4. The van der Waals surface area contributed by atoms with Gasteiger partial charge < -0.3 is 25.2 Å². The van der Waals surface area contributed by atoms with Gasteiger partial charge in [0.25, 0.3) is 0 Å². The maximum atomic E-state index is 12.6. The summed E-state index contributed by atoms with van der Waals surface area (Å²) in [5.41, 5.74) is 5.33. The van der Waals surface area contributed by atoms with Crippen LogP contribution in [0.3, 0.4) is 0 Å². The molecule has 0 aromatic carbocycles. The number of phosphoric ester groups is 1. The number of phosphoric acid groups is 1. The molecular formula is C41H80NO10P. The minimum Gasteiger partial charge on any atom is -0.480 e. The van der Waals surface area contributed by atoms with E-state index in [1.54, 1.807) is 0 Å². The minimum absolute atomic E-state index is 0.169. The smallest absolute Gasteiger partial charge is 0.472 e. The third kappa shape index (κ3) is 37.2. The van der Waals surface area contributed by atoms with Crippen LogP contribution in [0.5, 0.6) is 0 Å². The van der Waals surface area contributed by atoms with E-state index in [-0.39, 0.29) is 19.4 Å². The molecule has 4 N–H and O–H groups in total. The van der Waals surface area contributed by atoms with Crippen molar-refractivity contribution in [3.63, 3.8) is 0 Å². The van der Waals surface area contributed by atoms with E-state index >= 15 is 0 Å². The highest BCUT2D eigenvalue weighted by Gasteiger charge is 2.28. The summed E-state index contributed by atoms with van der Waals surface area (Å²) in [5.74, 6) is -2.36. The Bertz CT molecular complexity index is 921. The summed E-state index contributed by atoms with van der Waals surface area (Å²) < 4.78 is 32.7. The molecule has 0 spiro atoms. The molecule has 0 saturated carbocycles. The molecule has 0 aliphatic heterocycles. The molecule has 12 heteroatoms. The number of esters is 2. The van der Waals surface area contributed by atoms with Gasteiger partial charge in [0, 0.05) is 12.8 Å². The number of rotatable bonds is 41. The van der Waals surface area contributed by atoms with Gasteiger partial charge in [0.15, 0.2) is 6.10 Å². The van der Waals surface area contributed by atoms with Crippen molar-refractivity contribution in [1.29, 1.82) is 0 Å². The third-order valence-electron chi connectivity index (χ3n) is 9.61. The lowest BCUT2D eigenvalue weighted by atomic mass is 10.0. The zero-order valence-corrected chi connectivity index (χ0v) is 34.8. The average Bonchev–Trinajstić information content (AvgIpc) is 3.13. The molecule has 0 aromatic rings. The van der Waals surface area contributed by atoms with Crippen molar-refractivity contribution in [3.05, 3.63) is 0 Å². The summed E-state index contributed by atoms with van der Waals surface area (Å²) in [6.45, 7) is 2.83. The maximum absolute atomic E-state index is 12.6. The number of unbranched alkanes of at least 4 members (excludes halogenated alkanes) is 27. The van der Waals surface area contributed by atoms with Crippen LogP contribution in [0.25, 0.3) is 0 Å². The number of carbonyl (C=O) groups excluding carboxylic acids is 2. The summed E-state index contributed by atoms with van der Waals surface area (Å²) >= 11 is 0. The number of hydrogen-bond donors (Lipinski definition) is 3. The highest BCUT2D eigenvalue weighted by molar-refractivity contribution is 7.47. The van der Waals surface area contributed by atoms with Crippen LogP contribution in [-0.2, 0) is 37.5 Å². The molecular weight excluding hydrogens is 697 g/mol. The van der Waals surface area contributed by atoms with E-state index in [9.17, 15) is 23.8 Å². The first-order chi connectivity index (χ1) is 25.6. The molecule has 0 aromatic heterocycles. The van der Waals surface area contributed by atoms with Crippen LogP contribution in [0.1, 0.15) is 213 Å². The molecule has 0 saturated heterocycles. The van der Waals surface area contributed by atoms with E-state index in [2.05, 4.69) is 18.4 Å². The Morgan fingerprint density at radius 3 is 1.19 bits per heavy atom. The highest BCUT2D eigenvalue weighted by atomic mass is 31.2. The Balaban J connectivity index is 4.32. The van der Waals surface area contributed by atoms with Crippen molar-refractivity contribution in [2.24, 2.45) is 5.73 Å². The summed E-state index contributed by atoms with van der Waals surface area (Å²) in [4.78, 5) is 45.9. The first kappa shape index (κ1) is 51.5. The summed E-state index contributed by atoms with van der Waals surface area (Å²) in [6.07, 6.45) is 34.5. The maximum Gasteiger partial charge on any atom is 0.472 e. The Labute approximate surface area is 323 Å². The molecule has 0 rings (SSSR count). The van der Waals surface area contributed by atoms with Gasteiger partial charge in [-0.25, -0.2) is 4.57 Å². The van der Waals surface area contributed by atoms with Gasteiger partial charge in [-0.3, -0.25) is 23.4 Å². The quantitative estimate of drug-likeness (QED) is 0.0306. The van der Waals surface area contributed by atoms with Gasteiger partial charge in [-0.15, -0.1) is 0 Å². The Morgan fingerprint density at radius 2 is 0.830 bits per heavy atom. The Kier molecular flexibility index (Phi) is 36.3. The lowest BCUT2D eigenvalue weighted by molar-refractivity contribution is -0.161. The minimum atomic E-state index is -4.70. The number of carboxylic acid groups (broad SMARTS) is 1. The van der Waals surface area contributed by atoms with Gasteiger partial charge >= 0.3 is 25.7 Å². The van der Waals surface area contributed by atoms with Crippen molar-refractivity contribution in [1.82, 2.24) is 0 Å². The Morgan fingerprint density at radius 1 is 0.509 bits per heavy atom. The number of nitrogens with two attached hydrogens (primary N) is 1.